The zero-order valence-corrected chi connectivity index (χ0v) is 15.2. The average molecular weight is 355 g/mol. The molecule has 6 nitrogen and oxygen atoms in total. The first-order chi connectivity index (χ1) is 12.5. The minimum Gasteiger partial charge on any atom is -0.373 e. The lowest BCUT2D eigenvalue weighted by Crippen LogP contribution is -2.48. The van der Waals surface area contributed by atoms with Gasteiger partial charge in [0, 0.05) is 31.9 Å². The third-order valence-electron chi connectivity index (χ3n) is 4.45. The Hall–Kier alpha value is -2.44. The van der Waals surface area contributed by atoms with Gasteiger partial charge < -0.3 is 15.0 Å². The fourth-order valence-corrected chi connectivity index (χ4v) is 3.33. The van der Waals surface area contributed by atoms with Crippen molar-refractivity contribution in [2.75, 3.05) is 26.2 Å². The molecule has 0 aliphatic carbocycles. The van der Waals surface area contributed by atoms with Crippen LogP contribution in [-0.2, 0) is 4.74 Å². The van der Waals surface area contributed by atoms with E-state index in [9.17, 15) is 9.59 Å². The number of benzene rings is 1. The van der Waals surface area contributed by atoms with E-state index in [-0.39, 0.29) is 29.2 Å². The molecule has 26 heavy (non-hydrogen) atoms. The quantitative estimate of drug-likeness (QED) is 0.859. The maximum atomic E-state index is 12.3. The molecule has 1 aromatic carbocycles. The second-order valence-electron chi connectivity index (χ2n) is 6.75. The van der Waals surface area contributed by atoms with E-state index in [0.717, 1.165) is 25.2 Å². The molecule has 1 aliphatic heterocycles. The van der Waals surface area contributed by atoms with E-state index in [2.05, 4.69) is 29.0 Å². The standard InChI is InChI=1S/C20H25N3O3/c1-14-12-23(13-15(2)26-14)11-10-21-19(24)17-8-9-18(22-20(17)25)16-6-4-3-5-7-16/h3-9,14-15H,10-13H2,1-2H3,(H,21,24)(H,22,25). The summed E-state index contributed by atoms with van der Waals surface area (Å²) in [4.78, 5) is 29.6. The minimum atomic E-state index is -0.377. The molecule has 2 aromatic rings. The molecule has 2 atom stereocenters. The number of carbonyl (C=O) groups excluding carboxylic acids is 1. The van der Waals surface area contributed by atoms with Crippen molar-refractivity contribution < 1.29 is 9.53 Å². The third-order valence-corrected chi connectivity index (χ3v) is 4.45. The number of ether oxygens (including phenoxy) is 1. The van der Waals surface area contributed by atoms with Gasteiger partial charge in [0.25, 0.3) is 11.5 Å². The molecule has 0 bridgehead atoms. The van der Waals surface area contributed by atoms with Gasteiger partial charge in [-0.2, -0.15) is 0 Å². The lowest BCUT2D eigenvalue weighted by Gasteiger charge is -2.35. The maximum Gasteiger partial charge on any atom is 0.261 e. The number of hydrogen-bond donors (Lipinski definition) is 2. The molecule has 1 saturated heterocycles. The second kappa shape index (κ2) is 8.29. The zero-order valence-electron chi connectivity index (χ0n) is 15.2. The average Bonchev–Trinajstić information content (AvgIpc) is 2.61. The summed E-state index contributed by atoms with van der Waals surface area (Å²) >= 11 is 0. The summed E-state index contributed by atoms with van der Waals surface area (Å²) in [5.41, 5.74) is 1.36. The summed E-state index contributed by atoms with van der Waals surface area (Å²) in [6, 6.07) is 12.9. The van der Waals surface area contributed by atoms with Crippen molar-refractivity contribution in [3.05, 3.63) is 58.4 Å². The highest BCUT2D eigenvalue weighted by atomic mass is 16.5. The molecule has 2 N–H and O–H groups in total. The Kier molecular flexibility index (Phi) is 5.85. The second-order valence-corrected chi connectivity index (χ2v) is 6.75. The molecule has 2 unspecified atom stereocenters. The van der Waals surface area contributed by atoms with Gasteiger partial charge >= 0.3 is 0 Å². The fraction of sp³-hybridized carbons (Fsp3) is 0.400. The summed E-state index contributed by atoms with van der Waals surface area (Å²) in [6.45, 7) is 7.05. The van der Waals surface area contributed by atoms with Crippen LogP contribution in [0.25, 0.3) is 11.3 Å². The zero-order chi connectivity index (χ0) is 18.5. The molecule has 2 heterocycles. The van der Waals surface area contributed by atoms with Crippen molar-refractivity contribution in [3.8, 4) is 11.3 Å². The molecule has 0 saturated carbocycles. The number of aromatic nitrogens is 1. The Balaban J connectivity index is 1.57. The lowest BCUT2D eigenvalue weighted by atomic mass is 10.1. The number of rotatable bonds is 5. The van der Waals surface area contributed by atoms with Crippen LogP contribution in [-0.4, -0.2) is 54.2 Å². The number of H-pyrrole nitrogens is 1. The number of amides is 1. The van der Waals surface area contributed by atoms with Gasteiger partial charge in [-0.3, -0.25) is 14.5 Å². The van der Waals surface area contributed by atoms with Crippen LogP contribution in [0.1, 0.15) is 24.2 Å². The predicted octanol–water partition coefficient (Wildman–Crippen LogP) is 1.88. The molecule has 1 aliphatic rings. The smallest absolute Gasteiger partial charge is 0.261 e. The van der Waals surface area contributed by atoms with Gasteiger partial charge in [0.1, 0.15) is 5.56 Å². The predicted molar refractivity (Wildman–Crippen MR) is 101 cm³/mol. The molecule has 1 fully saturated rings. The molecule has 1 amide bonds. The van der Waals surface area contributed by atoms with Crippen LogP contribution in [0.5, 0.6) is 0 Å². The van der Waals surface area contributed by atoms with Crippen LogP contribution in [0.15, 0.2) is 47.3 Å². The van der Waals surface area contributed by atoms with Crippen LogP contribution in [0.2, 0.25) is 0 Å². The summed E-state index contributed by atoms with van der Waals surface area (Å²) < 4.78 is 5.70. The van der Waals surface area contributed by atoms with Crippen LogP contribution in [0, 0.1) is 0 Å². The van der Waals surface area contributed by atoms with Crippen molar-refractivity contribution >= 4 is 5.91 Å². The Bertz CT molecular complexity index is 793. The van der Waals surface area contributed by atoms with Gasteiger partial charge in [0.05, 0.1) is 12.2 Å². The Morgan fingerprint density at radius 3 is 2.50 bits per heavy atom. The Morgan fingerprint density at radius 2 is 1.85 bits per heavy atom. The summed E-state index contributed by atoms with van der Waals surface area (Å²) in [5.74, 6) is -0.347. The molecule has 0 radical (unpaired) electrons. The van der Waals surface area contributed by atoms with Crippen molar-refractivity contribution in [3.63, 3.8) is 0 Å². The minimum absolute atomic E-state index is 0.133. The number of aromatic amines is 1. The van der Waals surface area contributed by atoms with Gasteiger partial charge in [-0.05, 0) is 31.5 Å². The topological polar surface area (TPSA) is 74.4 Å². The van der Waals surface area contributed by atoms with Gasteiger partial charge in [-0.25, -0.2) is 0 Å². The van der Waals surface area contributed by atoms with Gasteiger partial charge in [-0.1, -0.05) is 30.3 Å². The number of nitrogens with zero attached hydrogens (tertiary/aromatic N) is 1. The molecular formula is C20H25N3O3. The van der Waals surface area contributed by atoms with E-state index in [1.54, 1.807) is 12.1 Å². The summed E-state index contributed by atoms with van der Waals surface area (Å²) in [7, 11) is 0. The van der Waals surface area contributed by atoms with Gasteiger partial charge in [0.15, 0.2) is 0 Å². The number of pyridine rings is 1. The van der Waals surface area contributed by atoms with Crippen molar-refractivity contribution in [1.29, 1.82) is 0 Å². The van der Waals surface area contributed by atoms with E-state index in [1.165, 1.54) is 0 Å². The number of hydrogen-bond acceptors (Lipinski definition) is 4. The SMILES string of the molecule is CC1CN(CCNC(=O)c2ccc(-c3ccccc3)[nH]c2=O)CC(C)O1. The van der Waals surface area contributed by atoms with E-state index in [4.69, 9.17) is 4.74 Å². The van der Waals surface area contributed by atoms with E-state index >= 15 is 0 Å². The van der Waals surface area contributed by atoms with Crippen LogP contribution in [0.3, 0.4) is 0 Å². The van der Waals surface area contributed by atoms with Gasteiger partial charge in [-0.15, -0.1) is 0 Å². The first kappa shape index (κ1) is 18.4. The number of carbonyl (C=O) groups is 1. The monoisotopic (exact) mass is 355 g/mol. The molecule has 138 valence electrons. The highest BCUT2D eigenvalue weighted by molar-refractivity contribution is 5.94. The summed E-state index contributed by atoms with van der Waals surface area (Å²) in [6.07, 6.45) is 0.394. The van der Waals surface area contributed by atoms with Crippen molar-refractivity contribution in [2.24, 2.45) is 0 Å². The molecule has 6 heteroatoms. The highest BCUT2D eigenvalue weighted by Crippen LogP contribution is 2.14. The van der Waals surface area contributed by atoms with E-state index < -0.39 is 0 Å². The van der Waals surface area contributed by atoms with Gasteiger partial charge in [0.2, 0.25) is 0 Å². The third kappa shape index (κ3) is 4.59. The fourth-order valence-electron chi connectivity index (χ4n) is 3.33. The van der Waals surface area contributed by atoms with Crippen molar-refractivity contribution in [2.45, 2.75) is 26.1 Å². The van der Waals surface area contributed by atoms with E-state index in [1.807, 2.05) is 30.3 Å². The maximum absolute atomic E-state index is 12.3. The molecule has 3 rings (SSSR count). The van der Waals surface area contributed by atoms with E-state index in [0.29, 0.717) is 12.2 Å². The number of nitrogens with one attached hydrogen (secondary N) is 2. The largest absolute Gasteiger partial charge is 0.373 e. The Morgan fingerprint density at radius 1 is 1.15 bits per heavy atom. The first-order valence-electron chi connectivity index (χ1n) is 8.97. The van der Waals surface area contributed by atoms with Crippen LogP contribution in [0.4, 0.5) is 0 Å². The Labute approximate surface area is 153 Å². The van der Waals surface area contributed by atoms with Crippen molar-refractivity contribution in [1.82, 2.24) is 15.2 Å². The van der Waals surface area contributed by atoms with Crippen LogP contribution < -0.4 is 10.9 Å². The molecule has 1 aromatic heterocycles. The highest BCUT2D eigenvalue weighted by Gasteiger charge is 2.21. The van der Waals surface area contributed by atoms with Crippen LogP contribution >= 0.6 is 0 Å². The molecular weight excluding hydrogens is 330 g/mol. The normalized spacial score (nSPS) is 20.7. The summed E-state index contributed by atoms with van der Waals surface area (Å²) in [5, 5.41) is 2.83. The molecule has 0 spiro atoms. The first-order valence-corrected chi connectivity index (χ1v) is 8.97. The number of morpholine rings is 1. The lowest BCUT2D eigenvalue weighted by molar-refractivity contribution is -0.0672.